The Hall–Kier alpha value is -2.69. The van der Waals surface area contributed by atoms with Crippen molar-refractivity contribution in [2.75, 3.05) is 11.8 Å². The Balaban J connectivity index is 2.58. The van der Waals surface area contributed by atoms with Gasteiger partial charge in [-0.2, -0.15) is 13.2 Å². The SMILES string of the molecule is COC(=O)c1cccc(NS(=O)(=O)c2c(F)cccc2C(F)(F)F)c1F. The first-order valence-electron chi connectivity index (χ1n) is 6.74. The van der Waals surface area contributed by atoms with Crippen LogP contribution in [0.3, 0.4) is 0 Å². The third-order valence-electron chi connectivity index (χ3n) is 3.19. The summed E-state index contributed by atoms with van der Waals surface area (Å²) in [5.41, 5.74) is -3.25. The monoisotopic (exact) mass is 395 g/mol. The fourth-order valence-corrected chi connectivity index (χ4v) is 3.43. The summed E-state index contributed by atoms with van der Waals surface area (Å²) >= 11 is 0. The second-order valence-corrected chi connectivity index (χ2v) is 6.50. The van der Waals surface area contributed by atoms with Crippen LogP contribution in [-0.4, -0.2) is 21.5 Å². The zero-order valence-electron chi connectivity index (χ0n) is 12.9. The molecule has 0 spiro atoms. The molecule has 2 aromatic rings. The molecule has 0 aromatic heterocycles. The Morgan fingerprint density at radius 3 is 2.27 bits per heavy atom. The topological polar surface area (TPSA) is 72.5 Å². The Bertz CT molecular complexity index is 957. The van der Waals surface area contributed by atoms with Crippen LogP contribution in [0.5, 0.6) is 0 Å². The average Bonchev–Trinajstić information content (AvgIpc) is 2.54. The molecule has 1 N–H and O–H groups in total. The molecule has 0 saturated heterocycles. The fraction of sp³-hybridized carbons (Fsp3) is 0.133. The minimum atomic E-state index is -5.17. The van der Waals surface area contributed by atoms with Crippen molar-refractivity contribution < 1.29 is 39.9 Å². The van der Waals surface area contributed by atoms with Crippen LogP contribution < -0.4 is 4.72 Å². The summed E-state index contributed by atoms with van der Waals surface area (Å²) in [4.78, 5) is 9.73. The van der Waals surface area contributed by atoms with Crippen LogP contribution in [0, 0.1) is 11.6 Å². The van der Waals surface area contributed by atoms with E-state index in [1.54, 1.807) is 0 Å². The number of methoxy groups -OCH3 is 1. The van der Waals surface area contributed by atoms with Gasteiger partial charge in [-0.1, -0.05) is 12.1 Å². The second-order valence-electron chi connectivity index (χ2n) is 4.88. The highest BCUT2D eigenvalue weighted by atomic mass is 32.2. The maximum atomic E-state index is 14.2. The number of benzene rings is 2. The molecule has 0 heterocycles. The van der Waals surface area contributed by atoms with Gasteiger partial charge < -0.3 is 4.74 Å². The Kier molecular flexibility index (Phi) is 5.21. The lowest BCUT2D eigenvalue weighted by molar-refractivity contribution is -0.140. The van der Waals surface area contributed by atoms with Crippen molar-refractivity contribution in [1.29, 1.82) is 0 Å². The molecule has 0 atom stereocenters. The number of rotatable bonds is 4. The first-order valence-corrected chi connectivity index (χ1v) is 8.22. The molecule has 2 aromatic carbocycles. The first kappa shape index (κ1) is 19.6. The van der Waals surface area contributed by atoms with Gasteiger partial charge >= 0.3 is 12.1 Å². The van der Waals surface area contributed by atoms with Gasteiger partial charge in [0.15, 0.2) is 5.82 Å². The van der Waals surface area contributed by atoms with Gasteiger partial charge in [-0.25, -0.2) is 22.0 Å². The number of hydrogen-bond acceptors (Lipinski definition) is 4. The standard InChI is InChI=1S/C15H10F5NO4S/c1-25-14(22)8-4-2-7-11(12(8)17)21-26(23,24)13-9(15(18,19)20)5-3-6-10(13)16/h2-7,21H,1H3. The van der Waals surface area contributed by atoms with E-state index in [0.29, 0.717) is 18.2 Å². The van der Waals surface area contributed by atoms with Crippen LogP contribution >= 0.6 is 0 Å². The van der Waals surface area contributed by atoms with Crippen molar-refractivity contribution in [3.8, 4) is 0 Å². The summed E-state index contributed by atoms with van der Waals surface area (Å²) in [6.07, 6.45) is -5.17. The number of alkyl halides is 3. The highest BCUT2D eigenvalue weighted by Gasteiger charge is 2.39. The number of carbonyl (C=O) groups excluding carboxylic acids is 1. The molecule has 5 nitrogen and oxygen atoms in total. The quantitative estimate of drug-likeness (QED) is 0.635. The highest BCUT2D eigenvalue weighted by molar-refractivity contribution is 7.92. The maximum Gasteiger partial charge on any atom is 0.417 e. The molecule has 0 saturated carbocycles. The summed E-state index contributed by atoms with van der Waals surface area (Å²) in [5.74, 6) is -4.19. The van der Waals surface area contributed by atoms with Gasteiger partial charge in [0.1, 0.15) is 10.7 Å². The molecule has 0 fully saturated rings. The Morgan fingerprint density at radius 1 is 1.08 bits per heavy atom. The lowest BCUT2D eigenvalue weighted by Crippen LogP contribution is -2.21. The van der Waals surface area contributed by atoms with Crippen molar-refractivity contribution in [2.24, 2.45) is 0 Å². The number of hydrogen-bond donors (Lipinski definition) is 1. The molecule has 0 aliphatic carbocycles. The third-order valence-corrected chi connectivity index (χ3v) is 4.63. The van der Waals surface area contributed by atoms with Crippen molar-refractivity contribution in [2.45, 2.75) is 11.1 Å². The molecule has 26 heavy (non-hydrogen) atoms. The van der Waals surface area contributed by atoms with Gasteiger partial charge in [-0.3, -0.25) is 4.72 Å². The van der Waals surface area contributed by atoms with Crippen LogP contribution in [0.15, 0.2) is 41.3 Å². The van der Waals surface area contributed by atoms with Crippen molar-refractivity contribution >= 4 is 21.7 Å². The molecule has 2 rings (SSSR count). The van der Waals surface area contributed by atoms with E-state index in [0.717, 1.165) is 25.3 Å². The molecular formula is C15H10F5NO4S. The molecule has 0 unspecified atom stereocenters. The van der Waals surface area contributed by atoms with E-state index in [9.17, 15) is 35.2 Å². The van der Waals surface area contributed by atoms with E-state index in [1.165, 1.54) is 4.72 Å². The summed E-state index contributed by atoms with van der Waals surface area (Å²) in [7, 11) is -4.21. The molecule has 0 radical (unpaired) electrons. The average molecular weight is 395 g/mol. The summed E-state index contributed by atoms with van der Waals surface area (Å²) < 4.78 is 97.4. The van der Waals surface area contributed by atoms with Crippen molar-refractivity contribution in [3.05, 3.63) is 59.2 Å². The van der Waals surface area contributed by atoms with E-state index in [4.69, 9.17) is 0 Å². The van der Waals surface area contributed by atoms with Crippen molar-refractivity contribution in [1.82, 2.24) is 0 Å². The molecular weight excluding hydrogens is 385 g/mol. The lowest BCUT2D eigenvalue weighted by Gasteiger charge is -2.16. The molecule has 0 bridgehead atoms. The van der Waals surface area contributed by atoms with Gasteiger partial charge in [0.05, 0.1) is 23.9 Å². The maximum absolute atomic E-state index is 14.2. The van der Waals surface area contributed by atoms with E-state index >= 15 is 0 Å². The molecule has 140 valence electrons. The number of ether oxygens (including phenoxy) is 1. The highest BCUT2D eigenvalue weighted by Crippen LogP contribution is 2.36. The summed E-state index contributed by atoms with van der Waals surface area (Å²) in [6, 6.07) is 4.48. The minimum Gasteiger partial charge on any atom is -0.465 e. The third kappa shape index (κ3) is 3.77. The Labute approximate surface area is 144 Å². The van der Waals surface area contributed by atoms with E-state index < -0.39 is 55.5 Å². The van der Waals surface area contributed by atoms with Gasteiger partial charge in [-0.15, -0.1) is 0 Å². The smallest absolute Gasteiger partial charge is 0.417 e. The predicted molar refractivity (Wildman–Crippen MR) is 80.0 cm³/mol. The van der Waals surface area contributed by atoms with E-state index in [1.807, 2.05) is 0 Å². The summed E-state index contributed by atoms with van der Waals surface area (Å²) in [5, 5.41) is 0. The predicted octanol–water partition coefficient (Wildman–Crippen LogP) is 3.57. The number of carbonyl (C=O) groups is 1. The van der Waals surface area contributed by atoms with Gasteiger partial charge in [-0.05, 0) is 24.3 Å². The van der Waals surface area contributed by atoms with Crippen LogP contribution in [-0.2, 0) is 20.9 Å². The zero-order chi connectivity index (χ0) is 19.7. The zero-order valence-corrected chi connectivity index (χ0v) is 13.7. The molecule has 11 heteroatoms. The number of esters is 1. The second kappa shape index (κ2) is 6.90. The van der Waals surface area contributed by atoms with Crippen LogP contribution in [0.1, 0.15) is 15.9 Å². The van der Waals surface area contributed by atoms with Crippen LogP contribution in [0.2, 0.25) is 0 Å². The van der Waals surface area contributed by atoms with Gasteiger partial charge in [0.25, 0.3) is 10.0 Å². The number of nitrogens with one attached hydrogen (secondary N) is 1. The minimum absolute atomic E-state index is 0.374. The fourth-order valence-electron chi connectivity index (χ4n) is 2.08. The summed E-state index contributed by atoms with van der Waals surface area (Å²) in [6.45, 7) is 0. The molecule has 0 aliphatic rings. The normalized spacial score (nSPS) is 11.9. The van der Waals surface area contributed by atoms with Crippen molar-refractivity contribution in [3.63, 3.8) is 0 Å². The lowest BCUT2D eigenvalue weighted by atomic mass is 10.2. The van der Waals surface area contributed by atoms with E-state index in [2.05, 4.69) is 4.74 Å². The number of anilines is 1. The number of halogens is 5. The Morgan fingerprint density at radius 2 is 1.69 bits per heavy atom. The van der Waals surface area contributed by atoms with Gasteiger partial charge in [0, 0.05) is 0 Å². The number of sulfonamides is 1. The first-order chi connectivity index (χ1) is 12.0. The van der Waals surface area contributed by atoms with Crippen LogP contribution in [0.25, 0.3) is 0 Å². The van der Waals surface area contributed by atoms with Gasteiger partial charge in [0.2, 0.25) is 0 Å². The van der Waals surface area contributed by atoms with Crippen LogP contribution in [0.4, 0.5) is 27.6 Å². The molecule has 0 amide bonds. The van der Waals surface area contributed by atoms with E-state index in [-0.39, 0.29) is 0 Å². The largest absolute Gasteiger partial charge is 0.465 e. The molecule has 0 aliphatic heterocycles.